The average Bonchev–Trinajstić information content (AvgIpc) is 3.13. The number of hydrogen-bond donors (Lipinski definition) is 3. The van der Waals surface area contributed by atoms with Crippen LogP contribution in [0.3, 0.4) is 0 Å². The fourth-order valence-corrected chi connectivity index (χ4v) is 9.00. The predicted molar refractivity (Wildman–Crippen MR) is 207 cm³/mol. The van der Waals surface area contributed by atoms with Crippen molar-refractivity contribution in [2.75, 3.05) is 20.8 Å². The Bertz CT molecular complexity index is 1340. The topological polar surface area (TPSA) is 160 Å². The molecular formula is C43H69NO10. The lowest BCUT2D eigenvalue weighted by molar-refractivity contribution is -0.287. The van der Waals surface area contributed by atoms with E-state index in [0.717, 1.165) is 49.0 Å². The van der Waals surface area contributed by atoms with Gasteiger partial charge in [-0.3, -0.25) is 14.4 Å². The van der Waals surface area contributed by atoms with Crippen LogP contribution in [0.4, 0.5) is 0 Å². The first kappa shape index (κ1) is 45.7. The summed E-state index contributed by atoms with van der Waals surface area (Å²) in [6.07, 6.45) is 13.7. The Labute approximate surface area is 323 Å². The third-order valence-electron chi connectivity index (χ3n) is 12.1. The van der Waals surface area contributed by atoms with E-state index in [9.17, 15) is 34.5 Å². The van der Waals surface area contributed by atoms with Crippen molar-refractivity contribution in [3.63, 3.8) is 0 Å². The molecule has 0 aromatic heterocycles. The zero-order valence-electron chi connectivity index (χ0n) is 34.0. The number of aliphatic hydroxyl groups is 2. The van der Waals surface area contributed by atoms with Crippen molar-refractivity contribution in [1.29, 1.82) is 0 Å². The number of ketones is 2. The molecule has 2 heterocycles. The molecule has 3 rings (SSSR count). The Hall–Kier alpha value is -2.70. The quantitative estimate of drug-likeness (QED) is 0.0702. The molecule has 0 aromatic rings. The number of aliphatic carboxylic acids is 1. The van der Waals surface area contributed by atoms with Crippen molar-refractivity contribution >= 4 is 23.4 Å². The summed E-state index contributed by atoms with van der Waals surface area (Å²) in [5.41, 5.74) is 1.68. The van der Waals surface area contributed by atoms with Crippen molar-refractivity contribution in [3.05, 3.63) is 36.0 Å². The number of Topliss-reactive ketones (excluding diaryl/α,β-unsaturated/α-hetero) is 2. The van der Waals surface area contributed by atoms with Crippen molar-refractivity contribution in [2.24, 2.45) is 29.6 Å². The summed E-state index contributed by atoms with van der Waals surface area (Å²) in [4.78, 5) is 53.0. The molecule has 3 aliphatic rings. The fourth-order valence-electron chi connectivity index (χ4n) is 9.00. The van der Waals surface area contributed by atoms with E-state index in [1.807, 2.05) is 13.0 Å². The second-order valence-electron chi connectivity index (χ2n) is 16.8. The third-order valence-corrected chi connectivity index (χ3v) is 12.1. The summed E-state index contributed by atoms with van der Waals surface area (Å²) < 4.78 is 17.2. The van der Waals surface area contributed by atoms with Gasteiger partial charge in [0.1, 0.15) is 6.04 Å². The van der Waals surface area contributed by atoms with Crippen LogP contribution < -0.4 is 0 Å². The first-order valence-electron chi connectivity index (χ1n) is 20.3. The number of methoxy groups -OCH3 is 2. The number of carboxylic acid groups (broad SMARTS) is 1. The lowest BCUT2D eigenvalue weighted by Crippen LogP contribution is -2.62. The highest BCUT2D eigenvalue weighted by Crippen LogP contribution is 2.38. The maximum Gasteiger partial charge on any atom is 0.326 e. The van der Waals surface area contributed by atoms with Crippen molar-refractivity contribution in [1.82, 2.24) is 4.90 Å². The van der Waals surface area contributed by atoms with Gasteiger partial charge >= 0.3 is 5.97 Å². The van der Waals surface area contributed by atoms with Gasteiger partial charge in [-0.2, -0.15) is 0 Å². The lowest BCUT2D eigenvalue weighted by atomic mass is 9.78. The van der Waals surface area contributed by atoms with Crippen LogP contribution in [0.1, 0.15) is 125 Å². The molecule has 11 heteroatoms. The number of amides is 1. The van der Waals surface area contributed by atoms with Gasteiger partial charge in [-0.1, -0.05) is 58.1 Å². The van der Waals surface area contributed by atoms with E-state index in [-0.39, 0.29) is 36.9 Å². The minimum absolute atomic E-state index is 0.0720. The summed E-state index contributed by atoms with van der Waals surface area (Å²) >= 11 is 0. The van der Waals surface area contributed by atoms with E-state index in [1.165, 1.54) is 0 Å². The highest BCUT2D eigenvalue weighted by molar-refractivity contribution is 6.39. The van der Waals surface area contributed by atoms with Crippen molar-refractivity contribution in [2.45, 2.75) is 161 Å². The number of aliphatic hydroxyl groups excluding tert-OH is 1. The Balaban J connectivity index is 1.53. The molecule has 1 amide bonds. The maximum atomic E-state index is 13.5. The monoisotopic (exact) mass is 759 g/mol. The smallest absolute Gasteiger partial charge is 0.326 e. The molecule has 1 aliphatic carbocycles. The molecule has 11 nitrogen and oxygen atoms in total. The van der Waals surface area contributed by atoms with E-state index >= 15 is 0 Å². The molecular weight excluding hydrogens is 690 g/mol. The van der Waals surface area contributed by atoms with Gasteiger partial charge in [-0.25, -0.2) is 4.79 Å². The summed E-state index contributed by atoms with van der Waals surface area (Å²) in [6, 6.07) is -1.11. The van der Waals surface area contributed by atoms with Gasteiger partial charge < -0.3 is 34.4 Å². The molecule has 1 saturated carbocycles. The van der Waals surface area contributed by atoms with Gasteiger partial charge in [0.2, 0.25) is 5.79 Å². The van der Waals surface area contributed by atoms with Crippen LogP contribution in [0, 0.1) is 29.6 Å². The van der Waals surface area contributed by atoms with E-state index < -0.39 is 47.6 Å². The minimum Gasteiger partial charge on any atom is -0.480 e. The Kier molecular flexibility index (Phi) is 18.2. The van der Waals surface area contributed by atoms with Crippen molar-refractivity contribution in [3.8, 4) is 0 Å². The predicted octanol–water partition coefficient (Wildman–Crippen LogP) is 6.59. The zero-order valence-corrected chi connectivity index (χ0v) is 34.0. The second kappa shape index (κ2) is 21.6. The molecule has 0 spiro atoms. The zero-order chi connectivity index (χ0) is 40.2. The third kappa shape index (κ3) is 12.7. The normalized spacial score (nSPS) is 31.4. The minimum atomic E-state index is -2.38. The van der Waals surface area contributed by atoms with Crippen LogP contribution in [0.2, 0.25) is 0 Å². The second-order valence-corrected chi connectivity index (χ2v) is 16.8. The molecule has 306 valence electrons. The molecule has 2 aliphatic heterocycles. The number of carboxylic acids is 1. The van der Waals surface area contributed by atoms with Gasteiger partial charge in [0, 0.05) is 38.7 Å². The van der Waals surface area contributed by atoms with Crippen LogP contribution >= 0.6 is 0 Å². The molecule has 3 unspecified atom stereocenters. The summed E-state index contributed by atoms with van der Waals surface area (Å²) in [5, 5.41) is 31.3. The molecule has 3 fully saturated rings. The van der Waals surface area contributed by atoms with Crippen LogP contribution in [0.15, 0.2) is 36.0 Å². The van der Waals surface area contributed by atoms with Crippen LogP contribution in [0.5, 0.6) is 0 Å². The SMILES string of the molecule is C=C/C=C(\C=C(/C)C[C@H](C)CC[C@H]1O[C@@](O)(C(=O)C(=O)N2CCCCC2C(=O)O)[C@H](C)C[C@@H]1OC)C(=O)CC[C@@H](C)CC(C)CC1CC[C@@H](O)[C@H](OC)C1. The van der Waals surface area contributed by atoms with Crippen LogP contribution in [-0.4, -0.2) is 101 Å². The fraction of sp³-hybridized carbons (Fsp3) is 0.767. The molecule has 2 saturated heterocycles. The Morgan fingerprint density at radius 1 is 0.981 bits per heavy atom. The molecule has 0 bridgehead atoms. The number of likely N-dealkylation sites (tertiary alicyclic amines) is 1. The molecule has 0 radical (unpaired) electrons. The highest BCUT2D eigenvalue weighted by atomic mass is 16.7. The van der Waals surface area contributed by atoms with Gasteiger partial charge in [-0.15, -0.1) is 0 Å². The van der Waals surface area contributed by atoms with Gasteiger partial charge in [0.25, 0.3) is 11.7 Å². The molecule has 3 N–H and O–H groups in total. The number of carbonyl (C=O) groups excluding carboxylic acids is 3. The van der Waals surface area contributed by atoms with Crippen LogP contribution in [0.25, 0.3) is 0 Å². The van der Waals surface area contributed by atoms with Crippen LogP contribution in [-0.2, 0) is 33.4 Å². The number of nitrogens with zero attached hydrogens (tertiary/aromatic N) is 1. The molecule has 54 heavy (non-hydrogen) atoms. The maximum absolute atomic E-state index is 13.5. The molecule has 0 aromatic carbocycles. The first-order valence-corrected chi connectivity index (χ1v) is 20.3. The summed E-state index contributed by atoms with van der Waals surface area (Å²) in [7, 11) is 3.23. The largest absolute Gasteiger partial charge is 0.480 e. The average molecular weight is 760 g/mol. The number of piperidine rings is 1. The van der Waals surface area contributed by atoms with E-state index in [0.29, 0.717) is 68.3 Å². The van der Waals surface area contributed by atoms with E-state index in [1.54, 1.807) is 33.3 Å². The lowest BCUT2D eigenvalue weighted by Gasteiger charge is -2.45. The Morgan fingerprint density at radius 3 is 2.33 bits per heavy atom. The standard InChI is InChI=1S/C43H69NO10/c1-9-12-33(35(45)17-14-27(2)21-29(4)23-32-16-18-36(46)38(26-32)52-7)24-30(5)22-28(3)15-19-37-39(53-8)25-31(6)43(51,54-37)40(47)41(48)44-20-11-10-13-34(44)42(49)50/h9,12,24,27-29,31-32,34,36-39,46,51H,1,10-11,13-23,25-26H2,2-8H3,(H,49,50)/b30-24+,33-12+/t27-,28-,29?,31-,32?,34?,36-,37-,38-,39+,43-/m1/s1. The van der Waals surface area contributed by atoms with E-state index in [4.69, 9.17) is 14.2 Å². The summed E-state index contributed by atoms with van der Waals surface area (Å²) in [5.74, 6) is -4.70. The highest BCUT2D eigenvalue weighted by Gasteiger charge is 2.54. The number of carbonyl (C=O) groups is 4. The van der Waals surface area contributed by atoms with Crippen molar-refractivity contribution < 1.29 is 48.7 Å². The van der Waals surface area contributed by atoms with Gasteiger partial charge in [0.15, 0.2) is 5.78 Å². The van der Waals surface area contributed by atoms with Gasteiger partial charge in [0.05, 0.1) is 24.4 Å². The number of allylic oxidation sites excluding steroid dienone is 5. The number of rotatable bonds is 20. The first-order chi connectivity index (χ1) is 25.5. The summed E-state index contributed by atoms with van der Waals surface area (Å²) in [6.45, 7) is 14.2. The van der Waals surface area contributed by atoms with Gasteiger partial charge in [-0.05, 0) is 114 Å². The Morgan fingerprint density at radius 2 is 1.69 bits per heavy atom. The van der Waals surface area contributed by atoms with E-state index in [2.05, 4.69) is 27.4 Å². The number of ether oxygens (including phenoxy) is 3. The molecule has 11 atom stereocenters. The number of hydrogen-bond acceptors (Lipinski definition) is 9.